The van der Waals surface area contributed by atoms with Crippen LogP contribution in [0.1, 0.15) is 43.0 Å². The van der Waals surface area contributed by atoms with Crippen molar-refractivity contribution in [2.75, 3.05) is 5.32 Å². The summed E-state index contributed by atoms with van der Waals surface area (Å²) in [4.78, 5) is 0. The van der Waals surface area contributed by atoms with Gasteiger partial charge in [-0.1, -0.05) is 37.6 Å². The molecule has 0 bridgehead atoms. The highest BCUT2D eigenvalue weighted by molar-refractivity contribution is 5.50. The maximum absolute atomic E-state index is 13.9. The molecule has 2 nitrogen and oxygen atoms in total. The van der Waals surface area contributed by atoms with Crippen LogP contribution < -0.4 is 5.32 Å². The van der Waals surface area contributed by atoms with Crippen molar-refractivity contribution in [1.29, 1.82) is 5.26 Å². The fraction of sp³-hybridized carbons (Fsp3) is 0.278. The van der Waals surface area contributed by atoms with Crippen molar-refractivity contribution in [3.63, 3.8) is 0 Å². The Kier molecular flexibility index (Phi) is 4.94. The van der Waals surface area contributed by atoms with Gasteiger partial charge in [0.05, 0.1) is 17.3 Å². The van der Waals surface area contributed by atoms with Crippen molar-refractivity contribution in [3.8, 4) is 6.07 Å². The summed E-state index contributed by atoms with van der Waals surface area (Å²) in [6, 6.07) is 14.8. The minimum absolute atomic E-state index is 0.00288. The molecule has 21 heavy (non-hydrogen) atoms. The van der Waals surface area contributed by atoms with E-state index in [4.69, 9.17) is 5.26 Å². The third kappa shape index (κ3) is 3.82. The number of halogens is 1. The average Bonchev–Trinajstić information content (AvgIpc) is 2.50. The molecule has 0 saturated carbocycles. The standard InChI is InChI=1S/C18H19FN2/c1-3-4-14-5-8-16(9-6-14)13(2)21-18-10-7-15(12-20)11-17(18)19/h5-11,13,21H,3-4H2,1-2H3. The van der Waals surface area contributed by atoms with E-state index in [2.05, 4.69) is 36.5 Å². The number of nitrogens with zero attached hydrogens (tertiary/aromatic N) is 1. The Hall–Kier alpha value is -2.34. The van der Waals surface area contributed by atoms with Gasteiger partial charge in [-0.15, -0.1) is 0 Å². The van der Waals surface area contributed by atoms with E-state index in [-0.39, 0.29) is 6.04 Å². The molecule has 0 aliphatic rings. The molecule has 1 N–H and O–H groups in total. The zero-order valence-electron chi connectivity index (χ0n) is 12.4. The molecule has 0 fully saturated rings. The highest BCUT2D eigenvalue weighted by Gasteiger charge is 2.09. The van der Waals surface area contributed by atoms with E-state index in [1.165, 1.54) is 11.6 Å². The maximum Gasteiger partial charge on any atom is 0.147 e. The fourth-order valence-electron chi connectivity index (χ4n) is 2.28. The van der Waals surface area contributed by atoms with E-state index >= 15 is 0 Å². The first-order valence-corrected chi connectivity index (χ1v) is 7.19. The fourth-order valence-corrected chi connectivity index (χ4v) is 2.28. The monoisotopic (exact) mass is 282 g/mol. The molecule has 2 aromatic carbocycles. The molecule has 1 atom stereocenters. The summed E-state index contributed by atoms with van der Waals surface area (Å²) in [5.74, 6) is -0.400. The molecule has 2 rings (SSSR count). The largest absolute Gasteiger partial charge is 0.376 e. The highest BCUT2D eigenvalue weighted by atomic mass is 19.1. The molecule has 0 aromatic heterocycles. The van der Waals surface area contributed by atoms with Crippen LogP contribution in [0.3, 0.4) is 0 Å². The summed E-state index contributed by atoms with van der Waals surface area (Å²) in [5.41, 5.74) is 3.17. The lowest BCUT2D eigenvalue weighted by Crippen LogP contribution is -2.08. The number of nitrogens with one attached hydrogen (secondary N) is 1. The Labute approximate surface area is 125 Å². The Bertz CT molecular complexity index is 641. The van der Waals surface area contributed by atoms with E-state index in [9.17, 15) is 4.39 Å². The number of anilines is 1. The topological polar surface area (TPSA) is 35.8 Å². The second-order valence-corrected chi connectivity index (χ2v) is 5.16. The van der Waals surface area contributed by atoms with Gasteiger partial charge in [-0.25, -0.2) is 4.39 Å². The number of hydrogen-bond acceptors (Lipinski definition) is 2. The lowest BCUT2D eigenvalue weighted by molar-refractivity contribution is 0.627. The molecular formula is C18H19FN2. The quantitative estimate of drug-likeness (QED) is 0.853. The minimum Gasteiger partial charge on any atom is -0.376 e. The van der Waals surface area contributed by atoms with Crippen molar-refractivity contribution in [1.82, 2.24) is 0 Å². The third-order valence-electron chi connectivity index (χ3n) is 3.49. The summed E-state index contributed by atoms with van der Waals surface area (Å²) in [6.07, 6.45) is 2.20. The SMILES string of the molecule is CCCc1ccc(C(C)Nc2ccc(C#N)cc2F)cc1. The molecule has 0 aliphatic carbocycles. The van der Waals surface area contributed by atoms with E-state index < -0.39 is 5.82 Å². The van der Waals surface area contributed by atoms with Crippen molar-refractivity contribution in [3.05, 3.63) is 65.0 Å². The van der Waals surface area contributed by atoms with Gasteiger partial charge < -0.3 is 5.32 Å². The van der Waals surface area contributed by atoms with Crippen molar-refractivity contribution in [2.24, 2.45) is 0 Å². The zero-order valence-corrected chi connectivity index (χ0v) is 12.4. The van der Waals surface area contributed by atoms with E-state index in [1.54, 1.807) is 12.1 Å². The van der Waals surface area contributed by atoms with Gasteiger partial charge in [0.1, 0.15) is 5.82 Å². The average molecular weight is 282 g/mol. The molecule has 0 heterocycles. The first-order chi connectivity index (χ1) is 10.1. The summed E-state index contributed by atoms with van der Waals surface area (Å²) < 4.78 is 13.9. The van der Waals surface area contributed by atoms with Crippen LogP contribution in [0, 0.1) is 17.1 Å². The van der Waals surface area contributed by atoms with Gasteiger partial charge in [-0.3, -0.25) is 0 Å². The number of rotatable bonds is 5. The molecule has 0 aliphatic heterocycles. The lowest BCUT2D eigenvalue weighted by Gasteiger charge is -2.16. The summed E-state index contributed by atoms with van der Waals surface area (Å²) in [5, 5.41) is 11.9. The van der Waals surface area contributed by atoms with Gasteiger partial charge in [-0.05, 0) is 42.7 Å². The Balaban J connectivity index is 2.10. The van der Waals surface area contributed by atoms with Gasteiger partial charge in [0, 0.05) is 6.04 Å². The predicted octanol–water partition coefficient (Wildman–Crippen LogP) is 4.82. The smallest absolute Gasteiger partial charge is 0.147 e. The molecule has 1 unspecified atom stereocenters. The zero-order chi connectivity index (χ0) is 15.2. The summed E-state index contributed by atoms with van der Waals surface area (Å²) in [6.45, 7) is 4.15. The van der Waals surface area contributed by atoms with Crippen molar-refractivity contribution >= 4 is 5.69 Å². The summed E-state index contributed by atoms with van der Waals surface area (Å²) >= 11 is 0. The van der Waals surface area contributed by atoms with Gasteiger partial charge in [0.2, 0.25) is 0 Å². The normalized spacial score (nSPS) is 11.7. The molecule has 0 saturated heterocycles. The molecular weight excluding hydrogens is 263 g/mol. The van der Waals surface area contributed by atoms with Crippen LogP contribution in [0.5, 0.6) is 0 Å². The van der Waals surface area contributed by atoms with Crippen LogP contribution in [-0.4, -0.2) is 0 Å². The number of benzene rings is 2. The number of nitriles is 1. The number of aryl methyl sites for hydroxylation is 1. The van der Waals surface area contributed by atoms with E-state index in [0.717, 1.165) is 18.4 Å². The predicted molar refractivity (Wildman–Crippen MR) is 83.6 cm³/mol. The summed E-state index contributed by atoms with van der Waals surface area (Å²) in [7, 11) is 0. The van der Waals surface area contributed by atoms with Gasteiger partial charge >= 0.3 is 0 Å². The van der Waals surface area contributed by atoms with E-state index in [1.807, 2.05) is 13.0 Å². The first-order valence-electron chi connectivity index (χ1n) is 7.19. The highest BCUT2D eigenvalue weighted by Crippen LogP contribution is 2.23. The molecule has 108 valence electrons. The lowest BCUT2D eigenvalue weighted by atomic mass is 10.0. The van der Waals surface area contributed by atoms with Crippen LogP contribution in [0.4, 0.5) is 10.1 Å². The Morgan fingerprint density at radius 1 is 1.19 bits per heavy atom. The molecule has 3 heteroatoms. The minimum atomic E-state index is -0.400. The van der Waals surface area contributed by atoms with Crippen LogP contribution >= 0.6 is 0 Å². The van der Waals surface area contributed by atoms with Gasteiger partial charge in [0.25, 0.3) is 0 Å². The van der Waals surface area contributed by atoms with E-state index in [0.29, 0.717) is 11.3 Å². The molecule has 2 aromatic rings. The third-order valence-corrected chi connectivity index (χ3v) is 3.49. The molecule has 0 radical (unpaired) electrons. The van der Waals surface area contributed by atoms with Crippen LogP contribution in [0.25, 0.3) is 0 Å². The molecule has 0 amide bonds. The number of hydrogen-bond donors (Lipinski definition) is 1. The second-order valence-electron chi connectivity index (χ2n) is 5.16. The van der Waals surface area contributed by atoms with Gasteiger partial charge in [0.15, 0.2) is 0 Å². The Morgan fingerprint density at radius 3 is 2.48 bits per heavy atom. The van der Waals surface area contributed by atoms with Crippen LogP contribution in [0.15, 0.2) is 42.5 Å². The van der Waals surface area contributed by atoms with Crippen LogP contribution in [0.2, 0.25) is 0 Å². The Morgan fingerprint density at radius 2 is 1.90 bits per heavy atom. The first kappa shape index (κ1) is 15.1. The maximum atomic E-state index is 13.9. The second kappa shape index (κ2) is 6.90. The molecule has 0 spiro atoms. The van der Waals surface area contributed by atoms with Crippen molar-refractivity contribution < 1.29 is 4.39 Å². The van der Waals surface area contributed by atoms with Crippen molar-refractivity contribution in [2.45, 2.75) is 32.7 Å². The van der Waals surface area contributed by atoms with Gasteiger partial charge in [-0.2, -0.15) is 5.26 Å². The van der Waals surface area contributed by atoms with Crippen LogP contribution in [-0.2, 0) is 6.42 Å².